The number of ether oxygens (including phenoxy) is 1. The first-order valence-corrected chi connectivity index (χ1v) is 9.87. The summed E-state index contributed by atoms with van der Waals surface area (Å²) in [5.74, 6) is -1.49. The van der Waals surface area contributed by atoms with Gasteiger partial charge in [-0.1, -0.05) is 11.8 Å². The van der Waals surface area contributed by atoms with Gasteiger partial charge in [-0.15, -0.1) is 0 Å². The number of fused-ring (bicyclic) bond motifs is 1. The minimum absolute atomic E-state index is 0.231. The van der Waals surface area contributed by atoms with Gasteiger partial charge in [-0.05, 0) is 30.7 Å². The summed E-state index contributed by atoms with van der Waals surface area (Å²) in [6.45, 7) is 0.866. The summed E-state index contributed by atoms with van der Waals surface area (Å²) in [7, 11) is 0. The Morgan fingerprint density at radius 2 is 2.00 bits per heavy atom. The van der Waals surface area contributed by atoms with Crippen molar-refractivity contribution in [2.75, 3.05) is 6.61 Å². The highest BCUT2D eigenvalue weighted by atomic mass is 32.2. The lowest BCUT2D eigenvalue weighted by Crippen LogP contribution is -2.61. The second-order valence-corrected chi connectivity index (χ2v) is 8.49. The molecule has 6 N–H and O–H groups in total. The highest BCUT2D eigenvalue weighted by molar-refractivity contribution is 8.01. The second kappa shape index (κ2) is 8.63. The van der Waals surface area contributed by atoms with E-state index >= 15 is 0 Å². The Kier molecular flexibility index (Phi) is 6.53. The van der Waals surface area contributed by atoms with Crippen molar-refractivity contribution < 1.29 is 44.6 Å². The Bertz CT molecular complexity index is 991. The van der Waals surface area contributed by atoms with Crippen LogP contribution in [0.1, 0.15) is 12.0 Å². The van der Waals surface area contributed by atoms with Gasteiger partial charge in [0.25, 0.3) is 0 Å². The number of aliphatic hydroxyl groups is 5. The minimum Gasteiger partial charge on any atom is -0.478 e. The highest BCUT2D eigenvalue weighted by Crippen LogP contribution is 2.44. The molecule has 1 aliphatic rings. The minimum atomic E-state index is -2.13. The molecule has 164 valence electrons. The van der Waals surface area contributed by atoms with E-state index in [1.165, 1.54) is 12.1 Å². The molecule has 0 unspecified atom stereocenters. The molecule has 0 bridgehead atoms. The zero-order valence-electron chi connectivity index (χ0n) is 15.8. The van der Waals surface area contributed by atoms with E-state index < -0.39 is 60.1 Å². The molecule has 0 spiro atoms. The Morgan fingerprint density at radius 1 is 1.30 bits per heavy atom. The molecular weight excluding hydrogens is 420 g/mol. The van der Waals surface area contributed by atoms with Gasteiger partial charge in [-0.2, -0.15) is 0 Å². The maximum absolute atomic E-state index is 12.1. The summed E-state index contributed by atoms with van der Waals surface area (Å²) in [5.41, 5.74) is 0.345. The predicted molar refractivity (Wildman–Crippen MR) is 104 cm³/mol. The number of thioether (sulfide) groups is 1. The van der Waals surface area contributed by atoms with E-state index in [0.29, 0.717) is 27.6 Å². The number of carboxylic acid groups (broad SMARTS) is 1. The fourth-order valence-electron chi connectivity index (χ4n) is 3.36. The number of carbonyl (C=O) groups is 1. The monoisotopic (exact) mass is 442 g/mol. The van der Waals surface area contributed by atoms with Crippen LogP contribution >= 0.6 is 11.8 Å². The standard InChI is InChI=1S/C19H22O10S/c1-8-4-14(23)28-13-5-9(2-3-10(8)13)30-19(18(26)27)6-11(21)15(24)17(29-19)16(25)12(22)7-20/h2-5,11-12,15-17,20-22,24-25H,6-7H2,1H3,(H,26,27)/t11-,12+,15+,16+,17+,19-/m0/s1. The number of aryl methyl sites for hydroxylation is 1. The molecule has 0 aliphatic carbocycles. The zero-order valence-corrected chi connectivity index (χ0v) is 16.7. The molecule has 3 rings (SSSR count). The number of aliphatic hydroxyl groups excluding tert-OH is 5. The number of hydrogen-bond acceptors (Lipinski definition) is 10. The molecule has 6 atom stereocenters. The second-order valence-electron chi connectivity index (χ2n) is 7.15. The van der Waals surface area contributed by atoms with Crippen LogP contribution in [0.3, 0.4) is 0 Å². The summed E-state index contributed by atoms with van der Waals surface area (Å²) in [6.07, 6.45) is -9.05. The van der Waals surface area contributed by atoms with E-state index in [1.54, 1.807) is 19.1 Å². The van der Waals surface area contributed by atoms with E-state index in [9.17, 15) is 35.1 Å². The topological polar surface area (TPSA) is 178 Å². The van der Waals surface area contributed by atoms with Crippen LogP contribution in [0.5, 0.6) is 0 Å². The van der Waals surface area contributed by atoms with Crippen molar-refractivity contribution in [2.45, 2.75) is 53.7 Å². The molecule has 1 aliphatic heterocycles. The van der Waals surface area contributed by atoms with E-state index in [1.807, 2.05) is 0 Å². The van der Waals surface area contributed by atoms with Crippen molar-refractivity contribution in [1.82, 2.24) is 0 Å². The van der Waals surface area contributed by atoms with Crippen LogP contribution < -0.4 is 5.63 Å². The molecule has 30 heavy (non-hydrogen) atoms. The first-order chi connectivity index (χ1) is 14.1. The van der Waals surface area contributed by atoms with E-state index in [2.05, 4.69) is 0 Å². The van der Waals surface area contributed by atoms with Crippen LogP contribution in [0.2, 0.25) is 0 Å². The molecule has 11 heteroatoms. The normalized spacial score (nSPS) is 28.9. The lowest BCUT2D eigenvalue weighted by molar-refractivity contribution is -0.230. The summed E-state index contributed by atoms with van der Waals surface area (Å²) in [6, 6.07) is 6.00. The fourth-order valence-corrected chi connectivity index (χ4v) is 4.54. The summed E-state index contributed by atoms with van der Waals surface area (Å²) < 4.78 is 10.7. The van der Waals surface area contributed by atoms with Crippen molar-refractivity contribution in [3.8, 4) is 0 Å². The zero-order chi connectivity index (χ0) is 22.2. The van der Waals surface area contributed by atoms with Crippen LogP contribution in [0.25, 0.3) is 11.0 Å². The van der Waals surface area contributed by atoms with Gasteiger partial charge in [0.2, 0.25) is 4.93 Å². The lowest BCUT2D eigenvalue weighted by Gasteiger charge is -2.44. The molecule has 1 fully saturated rings. The van der Waals surface area contributed by atoms with Crippen molar-refractivity contribution in [1.29, 1.82) is 0 Å². The smallest absolute Gasteiger partial charge is 0.347 e. The Labute approximate surface area is 174 Å². The van der Waals surface area contributed by atoms with Gasteiger partial charge >= 0.3 is 11.6 Å². The van der Waals surface area contributed by atoms with Crippen molar-refractivity contribution in [2.24, 2.45) is 0 Å². The van der Waals surface area contributed by atoms with Crippen LogP contribution in [0.15, 0.2) is 38.4 Å². The molecule has 0 amide bonds. The molecule has 2 heterocycles. The third-order valence-corrected chi connectivity index (χ3v) is 6.24. The fraction of sp³-hybridized carbons (Fsp3) is 0.474. The largest absolute Gasteiger partial charge is 0.478 e. The van der Waals surface area contributed by atoms with Crippen molar-refractivity contribution >= 4 is 28.7 Å². The van der Waals surface area contributed by atoms with Gasteiger partial charge in [-0.25, -0.2) is 9.59 Å². The van der Waals surface area contributed by atoms with E-state index in [4.69, 9.17) is 14.3 Å². The van der Waals surface area contributed by atoms with Gasteiger partial charge in [0.15, 0.2) is 0 Å². The van der Waals surface area contributed by atoms with Crippen molar-refractivity contribution in [3.05, 3.63) is 40.2 Å². The predicted octanol–water partition coefficient (Wildman–Crippen LogP) is -0.801. The van der Waals surface area contributed by atoms with Gasteiger partial charge in [-0.3, -0.25) is 0 Å². The first-order valence-electron chi connectivity index (χ1n) is 9.06. The molecule has 1 aromatic carbocycles. The third kappa shape index (κ3) is 4.23. The van der Waals surface area contributed by atoms with Gasteiger partial charge in [0, 0.05) is 22.8 Å². The molecule has 10 nitrogen and oxygen atoms in total. The Morgan fingerprint density at radius 3 is 2.63 bits per heavy atom. The maximum Gasteiger partial charge on any atom is 0.347 e. The number of carboxylic acids is 1. The van der Waals surface area contributed by atoms with E-state index in [0.717, 1.165) is 0 Å². The summed E-state index contributed by atoms with van der Waals surface area (Å²) >= 11 is 0.683. The molecule has 0 saturated carbocycles. The molecule has 1 saturated heterocycles. The van der Waals surface area contributed by atoms with Crippen LogP contribution in [-0.2, 0) is 9.53 Å². The van der Waals surface area contributed by atoms with Gasteiger partial charge in [0.1, 0.15) is 30.0 Å². The number of aliphatic carboxylic acids is 1. The van der Waals surface area contributed by atoms with Crippen LogP contribution in [-0.4, -0.2) is 78.7 Å². The van der Waals surface area contributed by atoms with Crippen LogP contribution in [0, 0.1) is 6.92 Å². The lowest BCUT2D eigenvalue weighted by atomic mass is 9.92. The Balaban J connectivity index is 1.99. The number of benzene rings is 1. The highest BCUT2D eigenvalue weighted by Gasteiger charge is 2.54. The average molecular weight is 442 g/mol. The number of rotatable bonds is 6. The molecular formula is C19H22O10S. The van der Waals surface area contributed by atoms with Gasteiger partial charge in [0.05, 0.1) is 12.7 Å². The van der Waals surface area contributed by atoms with Crippen LogP contribution in [0.4, 0.5) is 0 Å². The number of hydrogen-bond donors (Lipinski definition) is 6. The summed E-state index contributed by atoms with van der Waals surface area (Å²) in [5, 5.41) is 59.8. The molecule has 0 radical (unpaired) electrons. The van der Waals surface area contributed by atoms with Gasteiger partial charge < -0.3 is 39.8 Å². The quantitative estimate of drug-likeness (QED) is 0.309. The van der Waals surface area contributed by atoms with E-state index in [-0.39, 0.29) is 5.58 Å². The molecule has 2 aromatic rings. The maximum atomic E-state index is 12.1. The molecule has 1 aromatic heterocycles. The van der Waals surface area contributed by atoms with Crippen molar-refractivity contribution in [3.63, 3.8) is 0 Å². The summed E-state index contributed by atoms with van der Waals surface area (Å²) in [4.78, 5) is 22.0. The third-order valence-electron chi connectivity index (χ3n) is 4.98. The average Bonchev–Trinajstić information content (AvgIpc) is 2.68. The Hall–Kier alpha value is -1.99. The first kappa shape index (κ1) is 22.7. The SMILES string of the molecule is Cc1cc(=O)oc2cc(S[C@]3(C(=O)O)C[C@H](O)[C@@H](O)[C@H]([C@H](O)[C@H](O)CO)O3)ccc12.